The first-order valence-electron chi connectivity index (χ1n) is 11.5. The molecule has 2 aromatic heterocycles. The number of nitrogen functional groups attached to an aromatic ring is 1. The number of anilines is 1. The van der Waals surface area contributed by atoms with Gasteiger partial charge in [-0.3, -0.25) is 4.90 Å². The summed E-state index contributed by atoms with van der Waals surface area (Å²) in [5.41, 5.74) is 9.37. The summed E-state index contributed by atoms with van der Waals surface area (Å²) in [4.78, 5) is 14.0. The first-order valence-corrected chi connectivity index (χ1v) is 11.5. The maximum absolute atomic E-state index is 6.32. The van der Waals surface area contributed by atoms with Crippen LogP contribution in [-0.4, -0.2) is 83.9 Å². The fourth-order valence-corrected chi connectivity index (χ4v) is 4.92. The minimum absolute atomic E-state index is 0.408. The molecule has 0 radical (unpaired) electrons. The monoisotopic (exact) mass is 436 g/mol. The molecule has 0 aliphatic carbocycles. The number of fused-ring (bicyclic) bond motifs is 1. The number of morpholine rings is 1. The highest BCUT2D eigenvalue weighted by atomic mass is 16.5. The molecule has 0 bridgehead atoms. The zero-order valence-corrected chi connectivity index (χ0v) is 18.7. The van der Waals surface area contributed by atoms with Crippen molar-refractivity contribution in [2.24, 2.45) is 0 Å². The van der Waals surface area contributed by atoms with Crippen LogP contribution >= 0.6 is 0 Å². The molecule has 5 rings (SSSR count). The summed E-state index contributed by atoms with van der Waals surface area (Å²) in [6, 6.07) is 8.49. The van der Waals surface area contributed by atoms with Gasteiger partial charge < -0.3 is 24.7 Å². The van der Waals surface area contributed by atoms with E-state index in [1.807, 2.05) is 18.2 Å². The maximum Gasteiger partial charge on any atom is 0.146 e. The van der Waals surface area contributed by atoms with Crippen LogP contribution in [0.5, 0.6) is 5.75 Å². The fourth-order valence-electron chi connectivity index (χ4n) is 4.92. The quantitative estimate of drug-likeness (QED) is 0.636. The van der Waals surface area contributed by atoms with E-state index in [9.17, 15) is 0 Å². The Bertz CT molecular complexity index is 1050. The molecule has 170 valence electrons. The van der Waals surface area contributed by atoms with E-state index in [1.165, 1.54) is 0 Å². The van der Waals surface area contributed by atoms with Crippen molar-refractivity contribution in [1.82, 2.24) is 24.3 Å². The van der Waals surface area contributed by atoms with Crippen LogP contribution < -0.4 is 10.5 Å². The molecular weight excluding hydrogens is 404 g/mol. The zero-order valence-electron chi connectivity index (χ0n) is 18.7. The normalized spacial score (nSPS) is 18.9. The lowest BCUT2D eigenvalue weighted by Gasteiger charge is -2.35. The fraction of sp³-hybridized carbons (Fsp3) is 0.500. The number of hydrogen-bond donors (Lipinski definition) is 1. The Morgan fingerprint density at radius 2 is 1.81 bits per heavy atom. The lowest BCUT2D eigenvalue weighted by molar-refractivity contribution is 0.0316. The molecule has 0 spiro atoms. The Kier molecular flexibility index (Phi) is 6.25. The van der Waals surface area contributed by atoms with Gasteiger partial charge in [0, 0.05) is 57.1 Å². The van der Waals surface area contributed by atoms with Crippen LogP contribution in [0.2, 0.25) is 0 Å². The van der Waals surface area contributed by atoms with Gasteiger partial charge in [-0.2, -0.15) is 0 Å². The van der Waals surface area contributed by atoms with Crippen LogP contribution in [0.15, 0.2) is 36.8 Å². The zero-order chi connectivity index (χ0) is 21.9. The van der Waals surface area contributed by atoms with Crippen molar-refractivity contribution >= 4 is 16.9 Å². The van der Waals surface area contributed by atoms with Crippen molar-refractivity contribution in [3.8, 4) is 16.9 Å². The van der Waals surface area contributed by atoms with E-state index in [-0.39, 0.29) is 0 Å². The van der Waals surface area contributed by atoms with Crippen molar-refractivity contribution in [3.63, 3.8) is 0 Å². The molecule has 4 heterocycles. The van der Waals surface area contributed by atoms with Gasteiger partial charge in [0.25, 0.3) is 0 Å². The lowest BCUT2D eigenvalue weighted by atomic mass is 10.0. The van der Waals surface area contributed by atoms with Gasteiger partial charge >= 0.3 is 0 Å². The van der Waals surface area contributed by atoms with Gasteiger partial charge in [-0.05, 0) is 30.5 Å². The van der Waals surface area contributed by atoms with Crippen molar-refractivity contribution in [2.75, 3.05) is 65.3 Å². The highest BCUT2D eigenvalue weighted by Gasteiger charge is 2.25. The first kappa shape index (κ1) is 21.2. The topological polar surface area (TPSA) is 81.7 Å². The van der Waals surface area contributed by atoms with Gasteiger partial charge in [0.1, 0.15) is 23.5 Å². The third-order valence-electron chi connectivity index (χ3n) is 6.81. The Hall–Kier alpha value is -2.68. The lowest BCUT2D eigenvalue weighted by Crippen LogP contribution is -2.43. The molecular formula is C24H32N6O2. The molecule has 0 amide bonds. The van der Waals surface area contributed by atoms with Gasteiger partial charge in [0.2, 0.25) is 0 Å². The van der Waals surface area contributed by atoms with E-state index in [1.54, 1.807) is 13.4 Å². The van der Waals surface area contributed by atoms with Crippen LogP contribution in [0.1, 0.15) is 18.9 Å². The summed E-state index contributed by atoms with van der Waals surface area (Å²) in [6.07, 6.45) is 5.99. The summed E-state index contributed by atoms with van der Waals surface area (Å²) >= 11 is 0. The molecule has 8 heteroatoms. The van der Waals surface area contributed by atoms with Gasteiger partial charge in [-0.1, -0.05) is 12.1 Å². The van der Waals surface area contributed by atoms with E-state index in [4.69, 9.17) is 15.2 Å². The van der Waals surface area contributed by atoms with E-state index >= 15 is 0 Å². The Balaban J connectivity index is 1.34. The Morgan fingerprint density at radius 1 is 1.06 bits per heavy atom. The second kappa shape index (κ2) is 9.44. The second-order valence-corrected chi connectivity index (χ2v) is 8.67. The average molecular weight is 437 g/mol. The summed E-state index contributed by atoms with van der Waals surface area (Å²) in [6.45, 7) is 8.30. The number of benzene rings is 1. The van der Waals surface area contributed by atoms with Crippen LogP contribution in [0.25, 0.3) is 22.2 Å². The molecule has 3 aromatic rings. The van der Waals surface area contributed by atoms with Crippen LogP contribution in [0.4, 0.5) is 5.82 Å². The summed E-state index contributed by atoms with van der Waals surface area (Å²) in [7, 11) is 1.69. The van der Waals surface area contributed by atoms with Gasteiger partial charge in [0.15, 0.2) is 0 Å². The van der Waals surface area contributed by atoms with Crippen molar-refractivity contribution < 1.29 is 9.47 Å². The van der Waals surface area contributed by atoms with E-state index in [0.717, 1.165) is 93.2 Å². The van der Waals surface area contributed by atoms with E-state index in [2.05, 4.69) is 36.6 Å². The number of hydrogen-bond acceptors (Lipinski definition) is 7. The maximum atomic E-state index is 6.32. The standard InChI is InChI=1S/C24H32N6O2/c1-31-20-4-2-3-18(15-20)21-16-30(24-22(21)23(25)26-17-27-24)19-5-7-28(8-6-19)9-10-29-11-13-32-14-12-29/h2-4,15-17,19H,5-14H2,1H3,(H2,25,26,27). The average Bonchev–Trinajstić information content (AvgIpc) is 3.25. The minimum atomic E-state index is 0.408. The van der Waals surface area contributed by atoms with Crippen molar-refractivity contribution in [3.05, 3.63) is 36.8 Å². The molecule has 2 saturated heterocycles. The van der Waals surface area contributed by atoms with Gasteiger partial charge in [-0.15, -0.1) is 0 Å². The molecule has 8 nitrogen and oxygen atoms in total. The van der Waals surface area contributed by atoms with E-state index in [0.29, 0.717) is 11.9 Å². The molecule has 0 unspecified atom stereocenters. The van der Waals surface area contributed by atoms with Crippen molar-refractivity contribution in [1.29, 1.82) is 0 Å². The Morgan fingerprint density at radius 3 is 2.56 bits per heavy atom. The number of rotatable bonds is 6. The summed E-state index contributed by atoms with van der Waals surface area (Å²) < 4.78 is 13.2. The summed E-state index contributed by atoms with van der Waals surface area (Å²) in [5.74, 6) is 1.35. The van der Waals surface area contributed by atoms with Gasteiger partial charge in [-0.25, -0.2) is 9.97 Å². The third kappa shape index (κ3) is 4.30. The van der Waals surface area contributed by atoms with Crippen LogP contribution in [0, 0.1) is 0 Å². The largest absolute Gasteiger partial charge is 0.497 e. The second-order valence-electron chi connectivity index (χ2n) is 8.67. The number of nitrogens with zero attached hydrogens (tertiary/aromatic N) is 5. The smallest absolute Gasteiger partial charge is 0.146 e. The molecule has 2 fully saturated rings. The number of ether oxygens (including phenoxy) is 2. The molecule has 2 aliphatic heterocycles. The predicted octanol–water partition coefficient (Wildman–Crippen LogP) is 2.66. The molecule has 0 atom stereocenters. The van der Waals surface area contributed by atoms with Crippen molar-refractivity contribution in [2.45, 2.75) is 18.9 Å². The number of piperidine rings is 1. The molecule has 32 heavy (non-hydrogen) atoms. The van der Waals surface area contributed by atoms with Crippen LogP contribution in [0.3, 0.4) is 0 Å². The number of aromatic nitrogens is 3. The number of likely N-dealkylation sites (tertiary alicyclic amines) is 1. The first-order chi connectivity index (χ1) is 15.7. The highest BCUT2D eigenvalue weighted by Crippen LogP contribution is 2.37. The highest BCUT2D eigenvalue weighted by molar-refractivity contribution is 6.00. The number of methoxy groups -OCH3 is 1. The predicted molar refractivity (Wildman–Crippen MR) is 126 cm³/mol. The van der Waals surface area contributed by atoms with Gasteiger partial charge in [0.05, 0.1) is 25.7 Å². The SMILES string of the molecule is COc1cccc(-c2cn(C3CCN(CCN4CCOCC4)CC3)c3ncnc(N)c23)c1. The Labute approximate surface area is 188 Å². The summed E-state index contributed by atoms with van der Waals surface area (Å²) in [5, 5.41) is 0.926. The molecule has 1 aromatic carbocycles. The number of nitrogens with two attached hydrogens (primary N) is 1. The molecule has 0 saturated carbocycles. The molecule has 2 N–H and O–H groups in total. The third-order valence-corrected chi connectivity index (χ3v) is 6.81. The van der Waals surface area contributed by atoms with E-state index < -0.39 is 0 Å². The minimum Gasteiger partial charge on any atom is -0.497 e. The molecule has 2 aliphatic rings. The van der Waals surface area contributed by atoms with Crippen LogP contribution in [-0.2, 0) is 4.74 Å².